The number of amides is 1. The lowest BCUT2D eigenvalue weighted by atomic mass is 10.1. The molecule has 1 fully saturated rings. The zero-order valence-electron chi connectivity index (χ0n) is 16.8. The molecular weight excluding hydrogens is 374 g/mol. The largest absolute Gasteiger partial charge is 0.484 e. The molecule has 150 valence electrons. The van der Waals surface area contributed by atoms with Gasteiger partial charge >= 0.3 is 0 Å². The number of benzene rings is 2. The highest BCUT2D eigenvalue weighted by molar-refractivity contribution is 6.34. The van der Waals surface area contributed by atoms with Crippen LogP contribution in [0.3, 0.4) is 0 Å². The van der Waals surface area contributed by atoms with E-state index >= 15 is 0 Å². The van der Waals surface area contributed by atoms with E-state index in [2.05, 4.69) is 28.1 Å². The van der Waals surface area contributed by atoms with Crippen molar-refractivity contribution in [1.82, 2.24) is 4.90 Å². The van der Waals surface area contributed by atoms with E-state index in [4.69, 9.17) is 16.3 Å². The number of nitrogens with zero attached hydrogens (tertiary/aromatic N) is 2. The number of hydrogen-bond acceptors (Lipinski definition) is 4. The van der Waals surface area contributed by atoms with Crippen LogP contribution in [0, 0.1) is 13.8 Å². The highest BCUT2D eigenvalue weighted by atomic mass is 35.5. The van der Waals surface area contributed by atoms with Crippen LogP contribution >= 0.6 is 11.6 Å². The summed E-state index contributed by atoms with van der Waals surface area (Å²) in [6, 6.07) is 11.5. The molecule has 1 amide bonds. The van der Waals surface area contributed by atoms with Gasteiger partial charge in [-0.3, -0.25) is 4.79 Å². The predicted octanol–water partition coefficient (Wildman–Crippen LogP) is 4.12. The molecule has 0 radical (unpaired) electrons. The molecular formula is C22H28ClN3O2. The van der Waals surface area contributed by atoms with Crippen molar-refractivity contribution in [3.05, 3.63) is 52.5 Å². The zero-order chi connectivity index (χ0) is 20.1. The number of nitrogens with one attached hydrogen (secondary N) is 1. The molecule has 0 aromatic heterocycles. The van der Waals surface area contributed by atoms with Gasteiger partial charge in [-0.05, 0) is 55.8 Å². The number of carbonyl (C=O) groups excluding carboxylic acids is 1. The molecule has 3 rings (SSSR count). The molecule has 0 bridgehead atoms. The lowest BCUT2D eigenvalue weighted by Crippen LogP contribution is -2.46. The van der Waals surface area contributed by atoms with Gasteiger partial charge in [0.25, 0.3) is 5.91 Å². The minimum Gasteiger partial charge on any atom is -0.484 e. The molecule has 1 aliphatic heterocycles. The molecule has 1 aliphatic rings. The maximum absolute atomic E-state index is 12.5. The monoisotopic (exact) mass is 401 g/mol. The van der Waals surface area contributed by atoms with Crippen molar-refractivity contribution in [3.8, 4) is 5.75 Å². The third-order valence-electron chi connectivity index (χ3n) is 4.96. The summed E-state index contributed by atoms with van der Waals surface area (Å²) in [4.78, 5) is 17.1. The first-order valence-corrected chi connectivity index (χ1v) is 10.1. The van der Waals surface area contributed by atoms with Crippen molar-refractivity contribution in [3.63, 3.8) is 0 Å². The van der Waals surface area contributed by atoms with Gasteiger partial charge in [0.2, 0.25) is 0 Å². The van der Waals surface area contributed by atoms with Gasteiger partial charge in [-0.1, -0.05) is 30.7 Å². The Morgan fingerprint density at radius 2 is 1.79 bits per heavy atom. The van der Waals surface area contributed by atoms with Gasteiger partial charge < -0.3 is 19.9 Å². The first-order chi connectivity index (χ1) is 13.5. The van der Waals surface area contributed by atoms with E-state index in [0.717, 1.165) is 55.2 Å². The van der Waals surface area contributed by atoms with Crippen LogP contribution in [0.1, 0.15) is 18.1 Å². The summed E-state index contributed by atoms with van der Waals surface area (Å²) in [6.07, 6.45) is 0. The standard InChI is InChI=1S/C22H28ClN3O2/c1-4-25-8-10-26(11-9-25)22-19(23)6-5-7-20(22)24-21(27)15-28-18-13-16(2)12-17(3)14-18/h5-7,12-14H,4,8-11,15H2,1-3H3,(H,24,27). The first-order valence-electron chi connectivity index (χ1n) is 9.73. The average Bonchev–Trinajstić information content (AvgIpc) is 2.66. The Hall–Kier alpha value is -2.24. The number of halogens is 1. The predicted molar refractivity (Wildman–Crippen MR) is 116 cm³/mol. The lowest BCUT2D eigenvalue weighted by molar-refractivity contribution is -0.118. The fourth-order valence-electron chi connectivity index (χ4n) is 3.58. The number of anilines is 2. The van der Waals surface area contributed by atoms with E-state index < -0.39 is 0 Å². The minimum atomic E-state index is -0.199. The Labute approximate surface area is 172 Å². The molecule has 0 aliphatic carbocycles. The number of carbonyl (C=O) groups is 1. The van der Waals surface area contributed by atoms with E-state index in [1.807, 2.05) is 44.2 Å². The first kappa shape index (κ1) is 20.5. The summed E-state index contributed by atoms with van der Waals surface area (Å²) in [7, 11) is 0. The minimum absolute atomic E-state index is 0.0432. The third kappa shape index (κ3) is 5.18. The van der Waals surface area contributed by atoms with Crippen molar-refractivity contribution in [2.75, 3.05) is 49.5 Å². The second-order valence-electron chi connectivity index (χ2n) is 7.22. The molecule has 2 aromatic rings. The molecule has 0 spiro atoms. The maximum atomic E-state index is 12.5. The van der Waals surface area contributed by atoms with Gasteiger partial charge in [0.05, 0.1) is 16.4 Å². The van der Waals surface area contributed by atoms with Crippen LogP contribution in [0.4, 0.5) is 11.4 Å². The summed E-state index contributed by atoms with van der Waals surface area (Å²) in [5, 5.41) is 3.62. The molecule has 28 heavy (non-hydrogen) atoms. The van der Waals surface area contributed by atoms with Gasteiger partial charge in [0, 0.05) is 26.2 Å². The molecule has 1 N–H and O–H groups in total. The van der Waals surface area contributed by atoms with E-state index in [0.29, 0.717) is 10.8 Å². The summed E-state index contributed by atoms with van der Waals surface area (Å²) in [5.41, 5.74) is 3.84. The summed E-state index contributed by atoms with van der Waals surface area (Å²) >= 11 is 6.49. The Kier molecular flexibility index (Phi) is 6.81. The Morgan fingerprint density at radius 3 is 2.43 bits per heavy atom. The van der Waals surface area contributed by atoms with E-state index in [1.54, 1.807) is 0 Å². The number of piperazine rings is 1. The fourth-order valence-corrected chi connectivity index (χ4v) is 3.87. The zero-order valence-corrected chi connectivity index (χ0v) is 17.6. The van der Waals surface area contributed by atoms with E-state index in [9.17, 15) is 4.79 Å². The van der Waals surface area contributed by atoms with Crippen molar-refractivity contribution >= 4 is 28.9 Å². The van der Waals surface area contributed by atoms with Crippen LogP contribution in [0.2, 0.25) is 5.02 Å². The molecule has 2 aromatic carbocycles. The highest BCUT2D eigenvalue weighted by Crippen LogP contribution is 2.34. The van der Waals surface area contributed by atoms with Gasteiger partial charge in [0.1, 0.15) is 5.75 Å². The van der Waals surface area contributed by atoms with Crippen molar-refractivity contribution in [2.45, 2.75) is 20.8 Å². The smallest absolute Gasteiger partial charge is 0.262 e. The van der Waals surface area contributed by atoms with Crippen LogP contribution < -0.4 is 15.0 Å². The molecule has 0 unspecified atom stereocenters. The molecule has 1 heterocycles. The van der Waals surface area contributed by atoms with Crippen LogP contribution in [0.15, 0.2) is 36.4 Å². The number of ether oxygens (including phenoxy) is 1. The maximum Gasteiger partial charge on any atom is 0.262 e. The normalized spacial score (nSPS) is 14.8. The van der Waals surface area contributed by atoms with Gasteiger partial charge in [-0.15, -0.1) is 0 Å². The SMILES string of the molecule is CCN1CCN(c2c(Cl)cccc2NC(=O)COc2cc(C)cc(C)c2)CC1. The number of rotatable bonds is 6. The summed E-state index contributed by atoms with van der Waals surface area (Å²) in [6.45, 7) is 11.0. The molecule has 6 heteroatoms. The van der Waals surface area contributed by atoms with Crippen molar-refractivity contribution < 1.29 is 9.53 Å². The van der Waals surface area contributed by atoms with E-state index in [1.165, 1.54) is 0 Å². The fraction of sp³-hybridized carbons (Fsp3) is 0.409. The van der Waals surface area contributed by atoms with Crippen LogP contribution in [-0.4, -0.2) is 50.1 Å². The van der Waals surface area contributed by atoms with Gasteiger partial charge in [0.15, 0.2) is 6.61 Å². The topological polar surface area (TPSA) is 44.8 Å². The number of aryl methyl sites for hydroxylation is 2. The Balaban J connectivity index is 1.66. The van der Waals surface area contributed by atoms with Gasteiger partial charge in [-0.25, -0.2) is 0 Å². The second-order valence-corrected chi connectivity index (χ2v) is 7.62. The quantitative estimate of drug-likeness (QED) is 0.790. The lowest BCUT2D eigenvalue weighted by Gasteiger charge is -2.36. The molecule has 0 atom stereocenters. The Bertz CT molecular complexity index is 812. The molecule has 0 saturated carbocycles. The average molecular weight is 402 g/mol. The highest BCUT2D eigenvalue weighted by Gasteiger charge is 2.21. The summed E-state index contributed by atoms with van der Waals surface area (Å²) < 4.78 is 5.68. The molecule has 5 nitrogen and oxygen atoms in total. The van der Waals surface area contributed by atoms with Crippen LogP contribution in [-0.2, 0) is 4.79 Å². The summed E-state index contributed by atoms with van der Waals surface area (Å²) in [5.74, 6) is 0.504. The molecule has 1 saturated heterocycles. The Morgan fingerprint density at radius 1 is 1.11 bits per heavy atom. The second kappa shape index (κ2) is 9.30. The van der Waals surface area contributed by atoms with E-state index in [-0.39, 0.29) is 12.5 Å². The number of para-hydroxylation sites is 1. The van der Waals surface area contributed by atoms with Crippen molar-refractivity contribution in [2.24, 2.45) is 0 Å². The van der Waals surface area contributed by atoms with Gasteiger partial charge in [-0.2, -0.15) is 0 Å². The van der Waals surface area contributed by atoms with Crippen LogP contribution in [0.25, 0.3) is 0 Å². The van der Waals surface area contributed by atoms with Crippen LogP contribution in [0.5, 0.6) is 5.75 Å². The number of hydrogen-bond donors (Lipinski definition) is 1. The third-order valence-corrected chi connectivity index (χ3v) is 5.27. The van der Waals surface area contributed by atoms with Crippen molar-refractivity contribution in [1.29, 1.82) is 0 Å². The number of likely N-dealkylation sites (N-methyl/N-ethyl adjacent to an activating group) is 1.